The Morgan fingerprint density at radius 1 is 0.940 bits per heavy atom. The molecule has 13 nitrogen and oxygen atoms in total. The van der Waals surface area contributed by atoms with Crippen LogP contribution in [0.15, 0.2) is 42.5 Å². The van der Waals surface area contributed by atoms with Crippen LogP contribution in [-0.2, 0) is 38.2 Å². The molecule has 0 aromatic heterocycles. The third kappa shape index (κ3) is 12.7. The summed E-state index contributed by atoms with van der Waals surface area (Å²) in [5, 5.41) is 7.99. The maximum Gasteiger partial charge on any atom is 0.407 e. The molecule has 0 radical (unpaired) electrons. The van der Waals surface area contributed by atoms with Gasteiger partial charge < -0.3 is 30.3 Å². The van der Waals surface area contributed by atoms with Gasteiger partial charge in [0.05, 0.1) is 12.6 Å². The van der Waals surface area contributed by atoms with E-state index in [4.69, 9.17) is 9.47 Å². The first-order valence-corrected chi connectivity index (χ1v) is 17.5. The normalized spacial score (nSPS) is 21.6. The summed E-state index contributed by atoms with van der Waals surface area (Å²) in [7, 11) is 0. The monoisotopic (exact) mass is 696 g/mol. The summed E-state index contributed by atoms with van der Waals surface area (Å²) in [4.78, 5) is 93.5. The maximum absolute atomic E-state index is 13.6. The van der Waals surface area contributed by atoms with Gasteiger partial charge in [-0.3, -0.25) is 24.0 Å². The molecule has 4 amide bonds. The van der Waals surface area contributed by atoms with E-state index in [9.17, 15) is 33.6 Å². The second kappa shape index (κ2) is 19.0. The minimum atomic E-state index is -1.15. The van der Waals surface area contributed by atoms with Crippen LogP contribution in [0.3, 0.4) is 0 Å². The average molecular weight is 697 g/mol. The highest BCUT2D eigenvalue weighted by Crippen LogP contribution is 2.22. The van der Waals surface area contributed by atoms with Crippen LogP contribution in [0.5, 0.6) is 0 Å². The van der Waals surface area contributed by atoms with Crippen LogP contribution in [0.4, 0.5) is 4.79 Å². The summed E-state index contributed by atoms with van der Waals surface area (Å²) < 4.78 is 10.7. The highest BCUT2D eigenvalue weighted by molar-refractivity contribution is 6.39. The molecule has 0 saturated carbocycles. The highest BCUT2D eigenvalue weighted by Gasteiger charge is 2.39. The average Bonchev–Trinajstić information content (AvgIpc) is 3.56. The van der Waals surface area contributed by atoms with Crippen LogP contribution in [0.25, 0.3) is 0 Å². The molecule has 2 heterocycles. The molecule has 1 unspecified atom stereocenters. The number of ketones is 2. The van der Waals surface area contributed by atoms with Crippen LogP contribution in [0.2, 0.25) is 0 Å². The fourth-order valence-corrected chi connectivity index (χ4v) is 5.72. The predicted molar refractivity (Wildman–Crippen MR) is 184 cm³/mol. The second-order valence-corrected chi connectivity index (χ2v) is 14.2. The van der Waals surface area contributed by atoms with Gasteiger partial charge in [-0.05, 0) is 77.2 Å². The highest BCUT2D eigenvalue weighted by atomic mass is 16.6. The molecule has 2 aliphatic heterocycles. The van der Waals surface area contributed by atoms with Crippen molar-refractivity contribution in [2.24, 2.45) is 5.92 Å². The van der Waals surface area contributed by atoms with Gasteiger partial charge in [-0.15, -0.1) is 0 Å². The van der Waals surface area contributed by atoms with Gasteiger partial charge in [-0.1, -0.05) is 56.3 Å². The van der Waals surface area contributed by atoms with Gasteiger partial charge in [-0.2, -0.15) is 0 Å². The molecule has 2 aliphatic rings. The first-order chi connectivity index (χ1) is 23.7. The number of benzene rings is 1. The molecule has 274 valence electrons. The number of Topliss-reactive ketones (excluding diaryl/α,β-unsaturated/α-hetero) is 2. The van der Waals surface area contributed by atoms with Crippen molar-refractivity contribution in [3.05, 3.63) is 48.0 Å². The van der Waals surface area contributed by atoms with Gasteiger partial charge in [0.1, 0.15) is 17.7 Å². The molecule has 50 heavy (non-hydrogen) atoms. The number of amides is 4. The quantitative estimate of drug-likeness (QED) is 0.176. The van der Waals surface area contributed by atoms with Crippen LogP contribution in [-0.4, -0.2) is 83.1 Å². The molecule has 1 fully saturated rings. The number of carbonyl (C=O) groups excluding carboxylic acids is 7. The minimum Gasteiger partial charge on any atom is -0.458 e. The molecule has 3 rings (SSSR count). The molecule has 0 spiro atoms. The summed E-state index contributed by atoms with van der Waals surface area (Å²) in [5.41, 5.74) is -0.298. The van der Waals surface area contributed by atoms with Crippen molar-refractivity contribution in [3.8, 4) is 0 Å². The van der Waals surface area contributed by atoms with Gasteiger partial charge in [0, 0.05) is 19.4 Å². The SMILES string of the molecule is CC(C)COC(=O)N[C@H]1CC/C=C\CCCC(C(=O)C(=O)CCC(=O)N[C@H](C(=O)OC(C)(C)C)c2ccccc2)NC(=O)[C@@H]2CCCN2C1=O. The van der Waals surface area contributed by atoms with Crippen molar-refractivity contribution in [2.75, 3.05) is 13.2 Å². The Labute approximate surface area is 294 Å². The van der Waals surface area contributed by atoms with Gasteiger partial charge in [0.15, 0.2) is 6.04 Å². The number of rotatable bonds is 11. The van der Waals surface area contributed by atoms with Gasteiger partial charge in [0.25, 0.3) is 0 Å². The van der Waals surface area contributed by atoms with E-state index < -0.39 is 77.5 Å². The third-order valence-electron chi connectivity index (χ3n) is 8.20. The summed E-state index contributed by atoms with van der Waals surface area (Å²) in [5.74, 6) is -3.82. The van der Waals surface area contributed by atoms with E-state index in [0.717, 1.165) is 0 Å². The fraction of sp³-hybridized carbons (Fsp3) is 0.595. The summed E-state index contributed by atoms with van der Waals surface area (Å²) in [6.45, 7) is 9.43. The van der Waals surface area contributed by atoms with Crippen molar-refractivity contribution in [2.45, 2.75) is 122 Å². The van der Waals surface area contributed by atoms with Crippen LogP contribution < -0.4 is 16.0 Å². The minimum absolute atomic E-state index is 0.117. The van der Waals surface area contributed by atoms with E-state index in [1.165, 1.54) is 4.90 Å². The third-order valence-corrected chi connectivity index (χ3v) is 8.20. The van der Waals surface area contributed by atoms with Gasteiger partial charge in [-0.25, -0.2) is 9.59 Å². The van der Waals surface area contributed by atoms with E-state index in [1.54, 1.807) is 51.1 Å². The summed E-state index contributed by atoms with van der Waals surface area (Å²) >= 11 is 0. The Morgan fingerprint density at radius 3 is 2.32 bits per heavy atom. The number of ether oxygens (including phenoxy) is 2. The molecular formula is C37H52N4O9. The number of nitrogens with zero attached hydrogens (tertiary/aromatic N) is 1. The first-order valence-electron chi connectivity index (χ1n) is 17.5. The number of hydrogen-bond donors (Lipinski definition) is 3. The molecule has 13 heteroatoms. The molecular weight excluding hydrogens is 644 g/mol. The van der Waals surface area contributed by atoms with E-state index in [0.29, 0.717) is 50.6 Å². The summed E-state index contributed by atoms with van der Waals surface area (Å²) in [6.07, 6.45) is 5.25. The zero-order valence-electron chi connectivity index (χ0n) is 29.8. The number of fused-ring (bicyclic) bond motifs is 1. The maximum atomic E-state index is 13.6. The Hall–Kier alpha value is -4.55. The largest absolute Gasteiger partial charge is 0.458 e. The Bertz CT molecular complexity index is 1400. The standard InChI is InChI=1S/C37H52N4O9/c1-24(2)23-49-36(48)39-27-18-13-8-6-7-12-17-26(38-33(45)28-19-14-22-41(28)34(27)46)32(44)29(42)20-21-30(43)40-31(25-15-10-9-11-16-25)35(47)50-37(3,4)5/h6,8-11,15-16,24,26-28,31H,7,12-14,17-23H2,1-5H3,(H,38,45)(H,39,48)(H,40,43)/b8-6-/t26?,27-,28-,31-/m0/s1. The number of nitrogens with one attached hydrogen (secondary N) is 3. The molecule has 1 aromatic rings. The number of esters is 1. The van der Waals surface area contributed by atoms with E-state index in [-0.39, 0.29) is 25.4 Å². The second-order valence-electron chi connectivity index (χ2n) is 14.2. The van der Waals surface area contributed by atoms with Crippen LogP contribution in [0.1, 0.15) is 104 Å². The molecule has 0 aliphatic carbocycles. The summed E-state index contributed by atoms with van der Waals surface area (Å²) in [6, 6.07) is 4.51. The molecule has 0 bridgehead atoms. The van der Waals surface area contributed by atoms with Crippen molar-refractivity contribution >= 4 is 41.4 Å². The topological polar surface area (TPSA) is 177 Å². The molecule has 4 atom stereocenters. The smallest absolute Gasteiger partial charge is 0.407 e. The number of alkyl carbamates (subject to hydrolysis) is 1. The Kier molecular flexibility index (Phi) is 15.2. The van der Waals surface area contributed by atoms with Crippen LogP contribution >= 0.6 is 0 Å². The van der Waals surface area contributed by atoms with Crippen molar-refractivity contribution in [1.29, 1.82) is 0 Å². The molecule has 1 saturated heterocycles. The van der Waals surface area contributed by atoms with Gasteiger partial charge >= 0.3 is 12.1 Å². The van der Waals surface area contributed by atoms with Crippen LogP contribution in [0, 0.1) is 5.92 Å². The lowest BCUT2D eigenvalue weighted by atomic mass is 9.98. The zero-order chi connectivity index (χ0) is 36.8. The Morgan fingerprint density at radius 2 is 1.64 bits per heavy atom. The zero-order valence-corrected chi connectivity index (χ0v) is 29.8. The molecule has 3 N–H and O–H groups in total. The van der Waals surface area contributed by atoms with E-state index in [1.807, 2.05) is 26.0 Å². The van der Waals surface area contributed by atoms with Crippen molar-refractivity contribution in [3.63, 3.8) is 0 Å². The van der Waals surface area contributed by atoms with E-state index in [2.05, 4.69) is 16.0 Å². The Balaban J connectivity index is 1.68. The number of allylic oxidation sites excluding steroid dienone is 2. The van der Waals surface area contributed by atoms with Crippen molar-refractivity contribution in [1.82, 2.24) is 20.9 Å². The van der Waals surface area contributed by atoms with Gasteiger partial charge in [0.2, 0.25) is 29.3 Å². The lowest BCUT2D eigenvalue weighted by Crippen LogP contribution is -2.55. The van der Waals surface area contributed by atoms with E-state index >= 15 is 0 Å². The van der Waals surface area contributed by atoms with Crippen molar-refractivity contribution < 1.29 is 43.0 Å². The predicted octanol–water partition coefficient (Wildman–Crippen LogP) is 3.85. The lowest BCUT2D eigenvalue weighted by molar-refractivity contribution is -0.159. The first kappa shape index (κ1) is 39.9. The number of carbonyl (C=O) groups is 7. The number of hydrogen-bond acceptors (Lipinski definition) is 9. The fourth-order valence-electron chi connectivity index (χ4n) is 5.72. The molecule has 1 aromatic carbocycles. The lowest BCUT2D eigenvalue weighted by Gasteiger charge is -2.29.